The van der Waals surface area contributed by atoms with Gasteiger partial charge < -0.3 is 20.1 Å². The highest BCUT2D eigenvalue weighted by Gasteiger charge is 2.27. The number of aryl methyl sites for hydroxylation is 1. The van der Waals surface area contributed by atoms with Gasteiger partial charge in [-0.25, -0.2) is 0 Å². The minimum Gasteiger partial charge on any atom is -0.360 e. The van der Waals surface area contributed by atoms with Crippen molar-refractivity contribution in [2.75, 3.05) is 36.5 Å². The molecule has 3 rings (SSSR count). The number of carbonyl (C=O) groups excluding carboxylic acids is 2. The molecule has 146 valence electrons. The molecule has 1 unspecified atom stereocenters. The van der Waals surface area contributed by atoms with E-state index in [1.54, 1.807) is 25.4 Å². The summed E-state index contributed by atoms with van der Waals surface area (Å²) in [6.45, 7) is 3.86. The average Bonchev–Trinajstić information content (AvgIpc) is 3.07. The minimum absolute atomic E-state index is 0. The molecule has 1 aliphatic heterocycles. The van der Waals surface area contributed by atoms with Crippen molar-refractivity contribution in [2.24, 2.45) is 0 Å². The van der Waals surface area contributed by atoms with Crippen LogP contribution in [-0.4, -0.2) is 58.0 Å². The molecule has 27 heavy (non-hydrogen) atoms. The largest absolute Gasteiger partial charge is 0.360 e. The van der Waals surface area contributed by atoms with Crippen molar-refractivity contribution in [3.8, 4) is 0 Å². The van der Waals surface area contributed by atoms with Crippen molar-refractivity contribution in [2.45, 2.75) is 13.0 Å². The molecule has 1 saturated heterocycles. The van der Waals surface area contributed by atoms with Crippen LogP contribution in [0, 0.1) is 6.92 Å². The maximum atomic E-state index is 12.6. The Balaban J connectivity index is 0.00000261. The number of halogens is 1. The lowest BCUT2D eigenvalue weighted by Crippen LogP contribution is -2.49. The number of nitrogens with zero attached hydrogens (tertiary/aromatic N) is 3. The normalized spacial score (nSPS) is 16.5. The maximum absolute atomic E-state index is 12.6. The highest BCUT2D eigenvalue weighted by Crippen LogP contribution is 2.22. The zero-order valence-corrected chi connectivity index (χ0v) is 16.5. The van der Waals surface area contributed by atoms with E-state index >= 15 is 0 Å². The summed E-state index contributed by atoms with van der Waals surface area (Å²) in [6.07, 6.45) is 3.51. The first kappa shape index (κ1) is 21.2. The van der Waals surface area contributed by atoms with Gasteiger partial charge >= 0.3 is 0 Å². The van der Waals surface area contributed by atoms with Crippen LogP contribution in [0.1, 0.15) is 17.4 Å². The second-order valence-corrected chi connectivity index (χ2v) is 6.94. The number of aromatic nitrogens is 2. The third-order valence-corrected chi connectivity index (χ3v) is 4.90. The van der Waals surface area contributed by atoms with Crippen LogP contribution in [0.4, 0.5) is 5.82 Å². The molecule has 1 aliphatic rings. The molecule has 0 radical (unpaired) electrons. The fourth-order valence-electron chi connectivity index (χ4n) is 2.79. The zero-order valence-electron chi connectivity index (χ0n) is 14.9. The van der Waals surface area contributed by atoms with Gasteiger partial charge in [-0.2, -0.15) is 0 Å². The Labute approximate surface area is 167 Å². The predicted octanol–water partition coefficient (Wildman–Crippen LogP) is 1.64. The fourth-order valence-corrected chi connectivity index (χ4v) is 3.49. The molecule has 2 N–H and O–H groups in total. The van der Waals surface area contributed by atoms with Crippen LogP contribution in [-0.2, 0) is 9.59 Å². The third kappa shape index (κ3) is 5.95. The maximum Gasteiger partial charge on any atom is 0.235 e. The van der Waals surface area contributed by atoms with Crippen molar-refractivity contribution >= 4 is 41.8 Å². The van der Waals surface area contributed by atoms with E-state index in [0.29, 0.717) is 24.7 Å². The summed E-state index contributed by atoms with van der Waals surface area (Å²) in [4.78, 5) is 30.5. The lowest BCUT2D eigenvalue weighted by Gasteiger charge is -2.36. The van der Waals surface area contributed by atoms with Crippen LogP contribution < -0.4 is 10.6 Å². The number of rotatable bonds is 6. The van der Waals surface area contributed by atoms with Crippen molar-refractivity contribution in [1.29, 1.82) is 0 Å². The van der Waals surface area contributed by atoms with E-state index in [1.807, 2.05) is 17.0 Å². The predicted molar refractivity (Wildman–Crippen MR) is 106 cm³/mol. The van der Waals surface area contributed by atoms with E-state index < -0.39 is 0 Å². The molecular formula is C17H22ClN5O3S. The lowest BCUT2D eigenvalue weighted by molar-refractivity contribution is -0.131. The van der Waals surface area contributed by atoms with Gasteiger partial charge in [0, 0.05) is 38.1 Å². The van der Waals surface area contributed by atoms with Crippen LogP contribution in [0.3, 0.4) is 0 Å². The van der Waals surface area contributed by atoms with Gasteiger partial charge in [0.05, 0.1) is 17.5 Å². The van der Waals surface area contributed by atoms with E-state index in [0.717, 1.165) is 12.1 Å². The second-order valence-electron chi connectivity index (χ2n) is 5.96. The van der Waals surface area contributed by atoms with E-state index in [-0.39, 0.29) is 41.8 Å². The quantitative estimate of drug-likeness (QED) is 0.745. The summed E-state index contributed by atoms with van der Waals surface area (Å²) in [7, 11) is 0. The van der Waals surface area contributed by atoms with E-state index in [4.69, 9.17) is 4.52 Å². The first-order valence-electron chi connectivity index (χ1n) is 8.34. The summed E-state index contributed by atoms with van der Waals surface area (Å²) >= 11 is 1.29. The molecular weight excluding hydrogens is 390 g/mol. The third-order valence-electron chi connectivity index (χ3n) is 3.99. The lowest BCUT2D eigenvalue weighted by atomic mass is 10.1. The van der Waals surface area contributed by atoms with E-state index in [1.165, 1.54) is 11.8 Å². The number of hydrogen-bond donors (Lipinski definition) is 2. The second kappa shape index (κ2) is 10.3. The Morgan fingerprint density at radius 2 is 2.30 bits per heavy atom. The summed E-state index contributed by atoms with van der Waals surface area (Å²) in [5.74, 6) is 1.26. The fraction of sp³-hybridized carbons (Fsp3) is 0.412. The van der Waals surface area contributed by atoms with Gasteiger partial charge in [-0.3, -0.25) is 14.6 Å². The molecule has 1 atom stereocenters. The number of carbonyl (C=O) groups is 2. The average molecular weight is 412 g/mol. The molecule has 10 heteroatoms. The van der Waals surface area contributed by atoms with Crippen molar-refractivity contribution in [3.05, 3.63) is 41.9 Å². The highest BCUT2D eigenvalue weighted by atomic mass is 35.5. The number of pyridine rings is 1. The summed E-state index contributed by atoms with van der Waals surface area (Å²) in [5.41, 5.74) is 1.01. The van der Waals surface area contributed by atoms with Gasteiger partial charge in [-0.05, 0) is 18.6 Å². The molecule has 0 aliphatic carbocycles. The molecule has 3 heterocycles. The van der Waals surface area contributed by atoms with Crippen molar-refractivity contribution in [3.63, 3.8) is 0 Å². The van der Waals surface area contributed by atoms with Gasteiger partial charge in [0.1, 0.15) is 5.76 Å². The number of anilines is 1. The molecule has 2 aromatic heterocycles. The Hall–Kier alpha value is -2.10. The van der Waals surface area contributed by atoms with Gasteiger partial charge in [-0.1, -0.05) is 11.2 Å². The Morgan fingerprint density at radius 3 is 3.00 bits per heavy atom. The molecule has 0 bridgehead atoms. The Morgan fingerprint density at radius 1 is 1.44 bits per heavy atom. The monoisotopic (exact) mass is 411 g/mol. The summed E-state index contributed by atoms with van der Waals surface area (Å²) < 4.78 is 4.90. The van der Waals surface area contributed by atoms with E-state index in [9.17, 15) is 9.59 Å². The van der Waals surface area contributed by atoms with Crippen molar-refractivity contribution < 1.29 is 14.1 Å². The molecule has 0 aromatic carbocycles. The van der Waals surface area contributed by atoms with Crippen LogP contribution in [0.15, 0.2) is 35.1 Å². The van der Waals surface area contributed by atoms with Crippen LogP contribution in [0.25, 0.3) is 0 Å². The SMILES string of the molecule is Cc1cc(NC(=O)CSCC(=O)N2CCNCC2c2cccnc2)no1.Cl. The van der Waals surface area contributed by atoms with Gasteiger partial charge in [0.25, 0.3) is 0 Å². The highest BCUT2D eigenvalue weighted by molar-refractivity contribution is 8.00. The van der Waals surface area contributed by atoms with Crippen LogP contribution in [0.5, 0.6) is 0 Å². The molecule has 2 amide bonds. The topological polar surface area (TPSA) is 100 Å². The number of thioether (sulfide) groups is 1. The van der Waals surface area contributed by atoms with Crippen LogP contribution >= 0.6 is 24.2 Å². The summed E-state index contributed by atoms with van der Waals surface area (Å²) in [5, 5.41) is 9.67. The van der Waals surface area contributed by atoms with Crippen LogP contribution in [0.2, 0.25) is 0 Å². The number of hydrogen-bond acceptors (Lipinski definition) is 7. The zero-order chi connectivity index (χ0) is 18.4. The molecule has 8 nitrogen and oxygen atoms in total. The standard InChI is InChI=1S/C17H21N5O3S.ClH/c1-12-7-15(21-25-12)20-16(23)10-26-11-17(24)22-6-5-19-9-14(22)13-3-2-4-18-8-13;/h2-4,7-8,14,19H,5-6,9-11H2,1H3,(H,20,21,23);1H. The molecule has 2 aromatic rings. The van der Waals surface area contributed by atoms with Gasteiger partial charge in [-0.15, -0.1) is 24.2 Å². The molecule has 1 fully saturated rings. The number of nitrogens with one attached hydrogen (secondary N) is 2. The molecule has 0 saturated carbocycles. The summed E-state index contributed by atoms with van der Waals surface area (Å²) in [6, 6.07) is 5.47. The minimum atomic E-state index is -0.208. The smallest absolute Gasteiger partial charge is 0.235 e. The van der Waals surface area contributed by atoms with Crippen molar-refractivity contribution in [1.82, 2.24) is 20.4 Å². The van der Waals surface area contributed by atoms with Gasteiger partial charge in [0.15, 0.2) is 5.82 Å². The van der Waals surface area contributed by atoms with E-state index in [2.05, 4.69) is 20.8 Å². The Kier molecular flexibility index (Phi) is 8.08. The first-order valence-corrected chi connectivity index (χ1v) is 9.50. The first-order chi connectivity index (χ1) is 12.6. The van der Waals surface area contributed by atoms with Gasteiger partial charge in [0.2, 0.25) is 11.8 Å². The Bertz CT molecular complexity index is 758. The molecule has 0 spiro atoms. The number of amides is 2. The number of piperazine rings is 1.